The van der Waals surface area contributed by atoms with Gasteiger partial charge in [0.1, 0.15) is 0 Å². The maximum absolute atomic E-state index is 5.90. The van der Waals surface area contributed by atoms with E-state index in [-0.39, 0.29) is 0 Å². The fourth-order valence-corrected chi connectivity index (χ4v) is 2.72. The second-order valence-electron chi connectivity index (χ2n) is 4.32. The van der Waals surface area contributed by atoms with Gasteiger partial charge in [0, 0.05) is 32.3 Å². The van der Waals surface area contributed by atoms with E-state index in [0.29, 0.717) is 18.2 Å². The van der Waals surface area contributed by atoms with E-state index in [9.17, 15) is 0 Å². The second-order valence-corrected chi connectivity index (χ2v) is 4.32. The van der Waals surface area contributed by atoms with Gasteiger partial charge in [-0.15, -0.1) is 0 Å². The van der Waals surface area contributed by atoms with Gasteiger partial charge in [-0.2, -0.15) is 0 Å². The highest BCUT2D eigenvalue weighted by Crippen LogP contribution is 2.28. The monoisotopic (exact) mass is 184 g/mol. The van der Waals surface area contributed by atoms with Crippen molar-refractivity contribution in [2.75, 3.05) is 20.2 Å². The van der Waals surface area contributed by atoms with E-state index in [1.54, 1.807) is 0 Å². The summed E-state index contributed by atoms with van der Waals surface area (Å²) in [5, 5.41) is 0. The zero-order valence-corrected chi connectivity index (χ0v) is 8.41. The number of methoxy groups -OCH3 is 1. The van der Waals surface area contributed by atoms with Crippen LogP contribution in [0.3, 0.4) is 0 Å². The molecular formula is C10H20N2O. The van der Waals surface area contributed by atoms with E-state index in [1.807, 2.05) is 7.11 Å². The van der Waals surface area contributed by atoms with Crippen molar-refractivity contribution in [2.24, 2.45) is 5.73 Å². The first-order valence-electron chi connectivity index (χ1n) is 5.33. The Kier molecular flexibility index (Phi) is 2.86. The van der Waals surface area contributed by atoms with Crippen molar-refractivity contribution in [1.82, 2.24) is 4.90 Å². The zero-order chi connectivity index (χ0) is 9.26. The molecule has 76 valence electrons. The molecule has 3 heteroatoms. The van der Waals surface area contributed by atoms with Crippen molar-refractivity contribution in [2.45, 2.75) is 43.9 Å². The van der Waals surface area contributed by atoms with Crippen molar-refractivity contribution in [3.63, 3.8) is 0 Å². The largest absolute Gasteiger partial charge is 0.380 e. The maximum atomic E-state index is 5.90. The molecule has 0 radical (unpaired) electrons. The number of nitrogens with two attached hydrogens (primary N) is 1. The van der Waals surface area contributed by atoms with Crippen LogP contribution < -0.4 is 5.73 Å². The Morgan fingerprint density at radius 3 is 2.77 bits per heavy atom. The first-order chi connectivity index (χ1) is 6.31. The SMILES string of the molecule is COC1CCCC1N1CC[C@H](N)C1. The standard InChI is InChI=1S/C10H20N2O/c1-13-10-4-2-3-9(10)12-6-5-8(11)7-12/h8-10H,2-7,11H2,1H3/t8-,9?,10?/m0/s1. The van der Waals surface area contributed by atoms with E-state index in [2.05, 4.69) is 4.90 Å². The van der Waals surface area contributed by atoms with E-state index in [1.165, 1.54) is 25.8 Å². The van der Waals surface area contributed by atoms with E-state index < -0.39 is 0 Å². The molecule has 2 N–H and O–H groups in total. The molecule has 1 saturated carbocycles. The third kappa shape index (κ3) is 1.87. The van der Waals surface area contributed by atoms with Gasteiger partial charge in [-0.3, -0.25) is 4.90 Å². The van der Waals surface area contributed by atoms with Gasteiger partial charge in [0.2, 0.25) is 0 Å². The van der Waals surface area contributed by atoms with Gasteiger partial charge in [0.25, 0.3) is 0 Å². The Bertz CT molecular complexity index is 174. The number of likely N-dealkylation sites (tertiary alicyclic amines) is 1. The number of hydrogen-bond donors (Lipinski definition) is 1. The third-order valence-corrected chi connectivity index (χ3v) is 3.45. The predicted octanol–water partition coefficient (Wildman–Crippen LogP) is 0.587. The summed E-state index contributed by atoms with van der Waals surface area (Å²) in [5.41, 5.74) is 5.90. The maximum Gasteiger partial charge on any atom is 0.0726 e. The summed E-state index contributed by atoms with van der Waals surface area (Å²) in [6, 6.07) is 1.05. The minimum Gasteiger partial charge on any atom is -0.380 e. The minimum absolute atomic E-state index is 0.401. The molecule has 3 atom stereocenters. The van der Waals surface area contributed by atoms with Crippen molar-refractivity contribution < 1.29 is 4.74 Å². The van der Waals surface area contributed by atoms with E-state index >= 15 is 0 Å². The smallest absolute Gasteiger partial charge is 0.0726 e. The molecule has 1 aliphatic carbocycles. The Morgan fingerprint density at radius 2 is 2.15 bits per heavy atom. The lowest BCUT2D eigenvalue weighted by Crippen LogP contribution is -2.40. The third-order valence-electron chi connectivity index (χ3n) is 3.45. The molecule has 0 spiro atoms. The van der Waals surface area contributed by atoms with Crippen molar-refractivity contribution in [3.05, 3.63) is 0 Å². The molecule has 2 fully saturated rings. The molecule has 2 aliphatic rings. The lowest BCUT2D eigenvalue weighted by molar-refractivity contribution is 0.0419. The zero-order valence-electron chi connectivity index (χ0n) is 8.41. The van der Waals surface area contributed by atoms with Gasteiger partial charge in [0.05, 0.1) is 6.10 Å². The summed E-state index contributed by atoms with van der Waals surface area (Å²) in [7, 11) is 1.83. The van der Waals surface area contributed by atoms with Gasteiger partial charge in [0.15, 0.2) is 0 Å². The van der Waals surface area contributed by atoms with Crippen molar-refractivity contribution >= 4 is 0 Å². The number of hydrogen-bond acceptors (Lipinski definition) is 3. The predicted molar refractivity (Wildman–Crippen MR) is 52.6 cm³/mol. The highest BCUT2D eigenvalue weighted by molar-refractivity contribution is 4.91. The van der Waals surface area contributed by atoms with Crippen molar-refractivity contribution in [3.8, 4) is 0 Å². The molecule has 2 rings (SSSR count). The second kappa shape index (κ2) is 3.95. The Labute approximate surface area is 80.2 Å². The van der Waals surface area contributed by atoms with Crippen LogP contribution >= 0.6 is 0 Å². The van der Waals surface area contributed by atoms with Gasteiger partial charge >= 0.3 is 0 Å². The number of nitrogens with zero attached hydrogens (tertiary/aromatic N) is 1. The van der Waals surface area contributed by atoms with Crippen LogP contribution in [0.4, 0.5) is 0 Å². The van der Waals surface area contributed by atoms with Crippen LogP contribution in [0.1, 0.15) is 25.7 Å². The average molecular weight is 184 g/mol. The summed E-state index contributed by atoms with van der Waals surface area (Å²) < 4.78 is 5.49. The molecule has 1 saturated heterocycles. The summed E-state index contributed by atoms with van der Waals surface area (Å²) in [5.74, 6) is 0. The molecule has 0 aromatic rings. The Morgan fingerprint density at radius 1 is 1.31 bits per heavy atom. The fraction of sp³-hybridized carbons (Fsp3) is 1.00. The first kappa shape index (κ1) is 9.44. The number of rotatable bonds is 2. The minimum atomic E-state index is 0.401. The fourth-order valence-electron chi connectivity index (χ4n) is 2.72. The van der Waals surface area contributed by atoms with Crippen LogP contribution in [0.15, 0.2) is 0 Å². The lowest BCUT2D eigenvalue weighted by atomic mass is 10.2. The van der Waals surface area contributed by atoms with Gasteiger partial charge < -0.3 is 10.5 Å². The first-order valence-corrected chi connectivity index (χ1v) is 5.33. The van der Waals surface area contributed by atoms with Gasteiger partial charge in [-0.05, 0) is 25.7 Å². The van der Waals surface area contributed by atoms with Crippen LogP contribution in [-0.2, 0) is 4.74 Å². The van der Waals surface area contributed by atoms with E-state index in [0.717, 1.165) is 13.0 Å². The Balaban J connectivity index is 1.92. The molecule has 2 unspecified atom stereocenters. The molecular weight excluding hydrogens is 164 g/mol. The van der Waals surface area contributed by atoms with Crippen molar-refractivity contribution in [1.29, 1.82) is 0 Å². The molecule has 1 heterocycles. The molecule has 0 aromatic carbocycles. The van der Waals surface area contributed by atoms with Gasteiger partial charge in [-0.25, -0.2) is 0 Å². The van der Waals surface area contributed by atoms with Crippen LogP contribution in [-0.4, -0.2) is 43.3 Å². The highest BCUT2D eigenvalue weighted by atomic mass is 16.5. The van der Waals surface area contributed by atoms with E-state index in [4.69, 9.17) is 10.5 Å². The summed E-state index contributed by atoms with van der Waals surface area (Å²) in [6.45, 7) is 2.25. The Hall–Kier alpha value is -0.120. The van der Waals surface area contributed by atoms with Crippen LogP contribution in [0, 0.1) is 0 Å². The average Bonchev–Trinajstić information content (AvgIpc) is 2.71. The van der Waals surface area contributed by atoms with Crippen LogP contribution in [0.25, 0.3) is 0 Å². The molecule has 3 nitrogen and oxygen atoms in total. The molecule has 0 amide bonds. The molecule has 1 aliphatic heterocycles. The quantitative estimate of drug-likeness (QED) is 0.682. The van der Waals surface area contributed by atoms with Crippen LogP contribution in [0.5, 0.6) is 0 Å². The highest BCUT2D eigenvalue weighted by Gasteiger charge is 2.34. The van der Waals surface area contributed by atoms with Gasteiger partial charge in [-0.1, -0.05) is 0 Å². The molecule has 13 heavy (non-hydrogen) atoms. The molecule has 0 aromatic heterocycles. The normalized spacial score (nSPS) is 41.5. The summed E-state index contributed by atoms with van der Waals surface area (Å²) in [4.78, 5) is 2.52. The van der Waals surface area contributed by atoms with Crippen LogP contribution in [0.2, 0.25) is 0 Å². The summed E-state index contributed by atoms with van der Waals surface area (Å²) >= 11 is 0. The topological polar surface area (TPSA) is 38.5 Å². The lowest BCUT2D eigenvalue weighted by Gasteiger charge is -2.28. The number of ether oxygens (including phenoxy) is 1. The molecule has 0 bridgehead atoms. The summed E-state index contributed by atoms with van der Waals surface area (Å²) in [6.07, 6.45) is 5.46.